The molecule has 0 fully saturated rings. The van der Waals surface area contributed by atoms with Crippen molar-refractivity contribution < 1.29 is 17.6 Å². The minimum absolute atomic E-state index is 0.00639. The van der Waals surface area contributed by atoms with E-state index >= 15 is 0 Å². The van der Waals surface area contributed by atoms with Crippen LogP contribution in [0.15, 0.2) is 53.4 Å². The van der Waals surface area contributed by atoms with E-state index < -0.39 is 21.7 Å². The maximum absolute atomic E-state index is 12.7. The maximum atomic E-state index is 12.7. The molecule has 0 heterocycles. The summed E-state index contributed by atoms with van der Waals surface area (Å²) in [7, 11) is -4.07. The summed E-state index contributed by atoms with van der Waals surface area (Å²) < 4.78 is 38.6. The first-order valence-electron chi connectivity index (χ1n) is 5.47. The lowest BCUT2D eigenvalue weighted by Crippen LogP contribution is -2.30. The molecule has 7 heteroatoms. The maximum Gasteiger partial charge on any atom is 0.265 e. The highest BCUT2D eigenvalue weighted by molar-refractivity contribution is 7.90. The fourth-order valence-corrected chi connectivity index (χ4v) is 2.99. The molecule has 0 spiro atoms. The number of benzene rings is 2. The van der Waals surface area contributed by atoms with Crippen molar-refractivity contribution in [2.45, 2.75) is 4.90 Å². The quantitative estimate of drug-likeness (QED) is 0.947. The van der Waals surface area contributed by atoms with Crippen LogP contribution in [0.1, 0.15) is 10.4 Å². The average molecular weight is 314 g/mol. The zero-order valence-electron chi connectivity index (χ0n) is 10.0. The molecule has 1 N–H and O–H groups in total. The Morgan fingerprint density at radius 3 is 2.25 bits per heavy atom. The molecule has 2 aromatic carbocycles. The Morgan fingerprint density at radius 2 is 1.65 bits per heavy atom. The Morgan fingerprint density at radius 1 is 1.05 bits per heavy atom. The van der Waals surface area contributed by atoms with Crippen molar-refractivity contribution >= 4 is 27.5 Å². The molecule has 2 aromatic rings. The first kappa shape index (κ1) is 14.5. The van der Waals surface area contributed by atoms with Gasteiger partial charge in [-0.05, 0) is 36.4 Å². The van der Waals surface area contributed by atoms with Gasteiger partial charge < -0.3 is 0 Å². The van der Waals surface area contributed by atoms with E-state index in [1.54, 1.807) is 6.07 Å². The molecule has 0 aliphatic carbocycles. The van der Waals surface area contributed by atoms with Gasteiger partial charge in [-0.25, -0.2) is 17.5 Å². The summed E-state index contributed by atoms with van der Waals surface area (Å²) in [5.41, 5.74) is 0.0297. The number of carbonyl (C=O) groups is 1. The summed E-state index contributed by atoms with van der Waals surface area (Å²) in [6, 6.07) is 10.3. The monoisotopic (exact) mass is 313 g/mol. The summed E-state index contributed by atoms with van der Waals surface area (Å²) in [4.78, 5) is 11.6. The van der Waals surface area contributed by atoms with E-state index in [1.165, 1.54) is 30.3 Å². The Labute approximate surface area is 120 Å². The highest BCUT2D eigenvalue weighted by atomic mass is 35.5. The molecule has 1 amide bonds. The number of halogens is 2. The molecule has 0 radical (unpaired) electrons. The normalized spacial score (nSPS) is 11.1. The Kier molecular flexibility index (Phi) is 4.06. The number of amides is 1. The molecule has 0 atom stereocenters. The zero-order chi connectivity index (χ0) is 14.8. The number of nitrogens with one attached hydrogen (secondary N) is 1. The first-order valence-corrected chi connectivity index (χ1v) is 7.33. The summed E-state index contributed by atoms with van der Waals surface area (Å²) in [6.07, 6.45) is 0. The van der Waals surface area contributed by atoms with Crippen molar-refractivity contribution in [1.82, 2.24) is 4.72 Å². The van der Waals surface area contributed by atoms with Crippen LogP contribution in [0.3, 0.4) is 0 Å². The Hall–Kier alpha value is -1.92. The SMILES string of the molecule is O=C(NS(=O)(=O)c1ccccc1Cl)c1ccc(F)cc1. The van der Waals surface area contributed by atoms with E-state index in [4.69, 9.17) is 11.6 Å². The van der Waals surface area contributed by atoms with Crippen molar-refractivity contribution in [1.29, 1.82) is 0 Å². The second kappa shape index (κ2) is 5.60. The van der Waals surface area contributed by atoms with Gasteiger partial charge in [0.25, 0.3) is 15.9 Å². The third kappa shape index (κ3) is 3.15. The Balaban J connectivity index is 2.27. The van der Waals surface area contributed by atoms with Gasteiger partial charge in [0.1, 0.15) is 10.7 Å². The smallest absolute Gasteiger partial charge is 0.265 e. The minimum Gasteiger partial charge on any atom is -0.268 e. The highest BCUT2D eigenvalue weighted by Crippen LogP contribution is 2.20. The van der Waals surface area contributed by atoms with Crippen molar-refractivity contribution in [2.75, 3.05) is 0 Å². The molecule has 104 valence electrons. The summed E-state index contributed by atoms with van der Waals surface area (Å²) in [5, 5.41) is 0.00639. The molecule has 0 saturated heterocycles. The standard InChI is InChI=1S/C13H9ClFNO3S/c14-11-3-1-2-4-12(11)20(18,19)16-13(17)9-5-7-10(15)8-6-9/h1-8H,(H,16,17). The second-order valence-electron chi connectivity index (χ2n) is 3.87. The van der Waals surface area contributed by atoms with Gasteiger partial charge in [0.15, 0.2) is 0 Å². The van der Waals surface area contributed by atoms with Gasteiger partial charge >= 0.3 is 0 Å². The fraction of sp³-hybridized carbons (Fsp3) is 0. The second-order valence-corrected chi connectivity index (χ2v) is 5.93. The molecule has 4 nitrogen and oxygen atoms in total. The van der Waals surface area contributed by atoms with Crippen molar-refractivity contribution in [3.8, 4) is 0 Å². The van der Waals surface area contributed by atoms with Gasteiger partial charge in [-0.1, -0.05) is 23.7 Å². The lowest BCUT2D eigenvalue weighted by molar-refractivity contribution is 0.0981. The van der Waals surface area contributed by atoms with E-state index in [1.807, 2.05) is 4.72 Å². The van der Waals surface area contributed by atoms with Crippen molar-refractivity contribution in [2.24, 2.45) is 0 Å². The molecule has 0 unspecified atom stereocenters. The number of sulfonamides is 1. The van der Waals surface area contributed by atoms with Crippen LogP contribution in [0.2, 0.25) is 5.02 Å². The molecule has 2 rings (SSSR count). The van der Waals surface area contributed by atoms with Crippen LogP contribution in [0.4, 0.5) is 4.39 Å². The van der Waals surface area contributed by atoms with E-state index in [0.717, 1.165) is 12.1 Å². The molecule has 0 saturated carbocycles. The van der Waals surface area contributed by atoms with Gasteiger partial charge in [0, 0.05) is 5.56 Å². The molecule has 0 aliphatic heterocycles. The number of hydrogen-bond acceptors (Lipinski definition) is 3. The van der Waals surface area contributed by atoms with Crippen LogP contribution >= 0.6 is 11.6 Å². The Bertz CT molecular complexity index is 744. The summed E-state index contributed by atoms with van der Waals surface area (Å²) in [6.45, 7) is 0. The fourth-order valence-electron chi connectivity index (χ4n) is 1.50. The molecule has 0 aliphatic rings. The van der Waals surface area contributed by atoms with Crippen LogP contribution in [-0.4, -0.2) is 14.3 Å². The lowest BCUT2D eigenvalue weighted by Gasteiger charge is -2.08. The van der Waals surface area contributed by atoms with Gasteiger partial charge in [0.05, 0.1) is 5.02 Å². The van der Waals surface area contributed by atoms with E-state index in [0.29, 0.717) is 0 Å². The van der Waals surface area contributed by atoms with Crippen LogP contribution in [-0.2, 0) is 10.0 Å². The van der Waals surface area contributed by atoms with Gasteiger partial charge in [-0.2, -0.15) is 0 Å². The molecule has 0 bridgehead atoms. The molecule has 0 aromatic heterocycles. The first-order chi connectivity index (χ1) is 9.40. The zero-order valence-corrected chi connectivity index (χ0v) is 11.6. The van der Waals surface area contributed by atoms with Gasteiger partial charge in [0.2, 0.25) is 0 Å². The largest absolute Gasteiger partial charge is 0.268 e. The number of rotatable bonds is 3. The minimum atomic E-state index is -4.07. The lowest BCUT2D eigenvalue weighted by atomic mass is 10.2. The van der Waals surface area contributed by atoms with Gasteiger partial charge in [-0.15, -0.1) is 0 Å². The van der Waals surface area contributed by atoms with E-state index in [-0.39, 0.29) is 15.5 Å². The predicted molar refractivity (Wildman–Crippen MR) is 72.5 cm³/mol. The number of hydrogen-bond donors (Lipinski definition) is 1. The highest BCUT2D eigenvalue weighted by Gasteiger charge is 2.21. The number of carbonyl (C=O) groups excluding carboxylic acids is 1. The predicted octanol–water partition coefficient (Wildman–Crippen LogP) is 2.60. The molecule has 20 heavy (non-hydrogen) atoms. The van der Waals surface area contributed by atoms with Crippen molar-refractivity contribution in [3.05, 3.63) is 64.9 Å². The van der Waals surface area contributed by atoms with E-state index in [2.05, 4.69) is 0 Å². The van der Waals surface area contributed by atoms with Crippen LogP contribution < -0.4 is 4.72 Å². The van der Waals surface area contributed by atoms with Crippen LogP contribution in [0.5, 0.6) is 0 Å². The summed E-state index contributed by atoms with van der Waals surface area (Å²) in [5.74, 6) is -1.37. The summed E-state index contributed by atoms with van der Waals surface area (Å²) >= 11 is 5.78. The molecular weight excluding hydrogens is 305 g/mol. The third-order valence-corrected chi connectivity index (χ3v) is 4.29. The van der Waals surface area contributed by atoms with Crippen LogP contribution in [0, 0.1) is 5.82 Å². The van der Waals surface area contributed by atoms with E-state index in [9.17, 15) is 17.6 Å². The molecular formula is C13H9ClFNO3S. The van der Waals surface area contributed by atoms with Crippen molar-refractivity contribution in [3.63, 3.8) is 0 Å². The van der Waals surface area contributed by atoms with Crippen LogP contribution in [0.25, 0.3) is 0 Å². The average Bonchev–Trinajstić information content (AvgIpc) is 2.39. The topological polar surface area (TPSA) is 63.2 Å². The third-order valence-electron chi connectivity index (χ3n) is 2.46. The van der Waals surface area contributed by atoms with Gasteiger partial charge in [-0.3, -0.25) is 4.79 Å².